The van der Waals surface area contributed by atoms with E-state index >= 15 is 0 Å². The van der Waals surface area contributed by atoms with Gasteiger partial charge in [-0.1, -0.05) is 30.3 Å². The van der Waals surface area contributed by atoms with Crippen molar-refractivity contribution in [2.45, 2.75) is 31.8 Å². The van der Waals surface area contributed by atoms with Gasteiger partial charge in [-0.2, -0.15) is 0 Å². The van der Waals surface area contributed by atoms with E-state index in [0.717, 1.165) is 6.54 Å². The van der Waals surface area contributed by atoms with Crippen molar-refractivity contribution in [1.29, 1.82) is 0 Å². The van der Waals surface area contributed by atoms with Crippen LogP contribution >= 0.6 is 0 Å². The molecule has 3 heteroatoms. The van der Waals surface area contributed by atoms with E-state index < -0.39 is 0 Å². The molecule has 1 aliphatic heterocycles. The molecular weight excluding hydrogens is 236 g/mol. The lowest BCUT2D eigenvalue weighted by Crippen LogP contribution is -2.41. The fourth-order valence-electron chi connectivity index (χ4n) is 2.84. The van der Waals surface area contributed by atoms with Crippen LogP contribution in [0.2, 0.25) is 0 Å². The number of hydrogen-bond donors (Lipinski definition) is 1. The van der Waals surface area contributed by atoms with Crippen LogP contribution in [0.5, 0.6) is 0 Å². The summed E-state index contributed by atoms with van der Waals surface area (Å²) < 4.78 is 5.35. The molecule has 1 aromatic rings. The highest BCUT2D eigenvalue weighted by Gasteiger charge is 2.18. The molecule has 1 aliphatic rings. The van der Waals surface area contributed by atoms with Gasteiger partial charge in [-0.3, -0.25) is 0 Å². The van der Waals surface area contributed by atoms with Crippen molar-refractivity contribution in [3.8, 4) is 0 Å². The zero-order valence-corrected chi connectivity index (χ0v) is 12.1. The fraction of sp³-hybridized carbons (Fsp3) is 0.625. The van der Waals surface area contributed by atoms with E-state index in [1.165, 1.54) is 31.5 Å². The Hall–Kier alpha value is -0.900. The SMILES string of the molecule is COCC(NC(C)CN1CCCC1)c1ccccc1. The maximum absolute atomic E-state index is 5.35. The summed E-state index contributed by atoms with van der Waals surface area (Å²) in [5.74, 6) is 0. The number of benzene rings is 1. The van der Waals surface area contributed by atoms with Gasteiger partial charge in [0, 0.05) is 19.7 Å². The third kappa shape index (κ3) is 4.60. The van der Waals surface area contributed by atoms with Gasteiger partial charge in [-0.15, -0.1) is 0 Å². The van der Waals surface area contributed by atoms with Crippen LogP contribution in [0.3, 0.4) is 0 Å². The standard InChI is InChI=1S/C16H26N2O/c1-14(12-18-10-6-7-11-18)17-16(13-19-2)15-8-4-3-5-9-15/h3-5,8-9,14,16-17H,6-7,10-13H2,1-2H3. The first kappa shape index (κ1) is 14.5. The van der Waals surface area contributed by atoms with Gasteiger partial charge in [-0.25, -0.2) is 0 Å². The van der Waals surface area contributed by atoms with Gasteiger partial charge >= 0.3 is 0 Å². The molecule has 3 nitrogen and oxygen atoms in total. The molecule has 2 atom stereocenters. The van der Waals surface area contributed by atoms with Crippen molar-refractivity contribution < 1.29 is 4.74 Å². The first-order valence-electron chi connectivity index (χ1n) is 7.32. The van der Waals surface area contributed by atoms with Crippen LogP contribution < -0.4 is 5.32 Å². The Morgan fingerprint density at radius 2 is 1.89 bits per heavy atom. The maximum atomic E-state index is 5.35. The average molecular weight is 262 g/mol. The minimum absolute atomic E-state index is 0.281. The lowest BCUT2D eigenvalue weighted by molar-refractivity contribution is 0.157. The molecule has 19 heavy (non-hydrogen) atoms. The minimum Gasteiger partial charge on any atom is -0.383 e. The van der Waals surface area contributed by atoms with E-state index in [2.05, 4.69) is 47.5 Å². The molecule has 1 aromatic carbocycles. The molecule has 0 aromatic heterocycles. The Kier molecular flexibility index (Phi) is 5.83. The van der Waals surface area contributed by atoms with E-state index in [0.29, 0.717) is 12.6 Å². The Labute approximate surface area is 116 Å². The number of methoxy groups -OCH3 is 1. The summed E-state index contributed by atoms with van der Waals surface area (Å²) in [4.78, 5) is 2.55. The smallest absolute Gasteiger partial charge is 0.0657 e. The topological polar surface area (TPSA) is 24.5 Å². The third-order valence-electron chi connectivity index (χ3n) is 3.75. The second-order valence-corrected chi connectivity index (χ2v) is 5.49. The summed E-state index contributed by atoms with van der Waals surface area (Å²) in [6, 6.07) is 11.3. The molecule has 1 saturated heterocycles. The molecular formula is C16H26N2O. The fourth-order valence-corrected chi connectivity index (χ4v) is 2.84. The quantitative estimate of drug-likeness (QED) is 0.817. The largest absolute Gasteiger partial charge is 0.383 e. The van der Waals surface area contributed by atoms with E-state index in [1.807, 2.05) is 0 Å². The highest BCUT2D eigenvalue weighted by Crippen LogP contribution is 2.15. The molecule has 1 N–H and O–H groups in total. The zero-order valence-electron chi connectivity index (χ0n) is 12.1. The number of hydrogen-bond acceptors (Lipinski definition) is 3. The van der Waals surface area contributed by atoms with Crippen LogP contribution in [0.4, 0.5) is 0 Å². The number of nitrogens with one attached hydrogen (secondary N) is 1. The second kappa shape index (κ2) is 7.63. The van der Waals surface area contributed by atoms with Gasteiger partial charge in [0.15, 0.2) is 0 Å². The predicted octanol–water partition coefficient (Wildman–Crippen LogP) is 2.45. The monoisotopic (exact) mass is 262 g/mol. The number of ether oxygens (including phenoxy) is 1. The lowest BCUT2D eigenvalue weighted by atomic mass is 10.1. The van der Waals surface area contributed by atoms with Gasteiger partial charge in [0.25, 0.3) is 0 Å². The van der Waals surface area contributed by atoms with E-state index in [-0.39, 0.29) is 6.04 Å². The minimum atomic E-state index is 0.281. The Balaban J connectivity index is 1.88. The van der Waals surface area contributed by atoms with Gasteiger partial charge in [0.05, 0.1) is 12.6 Å². The molecule has 2 rings (SSSR count). The maximum Gasteiger partial charge on any atom is 0.0657 e. The summed E-state index contributed by atoms with van der Waals surface area (Å²) in [5.41, 5.74) is 1.30. The van der Waals surface area contributed by atoms with Crippen LogP contribution in [0, 0.1) is 0 Å². The van der Waals surface area contributed by atoms with Crippen LogP contribution in [0.1, 0.15) is 31.4 Å². The average Bonchev–Trinajstić information content (AvgIpc) is 2.92. The molecule has 0 amide bonds. The van der Waals surface area contributed by atoms with Gasteiger partial charge in [-0.05, 0) is 38.4 Å². The van der Waals surface area contributed by atoms with E-state index in [4.69, 9.17) is 4.74 Å². The molecule has 1 fully saturated rings. The summed E-state index contributed by atoms with van der Waals surface area (Å²) in [6.07, 6.45) is 2.71. The highest BCUT2D eigenvalue weighted by atomic mass is 16.5. The Bertz CT molecular complexity index is 349. The van der Waals surface area contributed by atoms with Crippen LogP contribution in [0.25, 0.3) is 0 Å². The van der Waals surface area contributed by atoms with Crippen molar-refractivity contribution in [2.24, 2.45) is 0 Å². The molecule has 0 radical (unpaired) electrons. The normalized spacial score (nSPS) is 19.5. The zero-order chi connectivity index (χ0) is 13.5. The molecule has 106 valence electrons. The molecule has 0 spiro atoms. The molecule has 0 aliphatic carbocycles. The van der Waals surface area contributed by atoms with Crippen LogP contribution in [0.15, 0.2) is 30.3 Å². The summed E-state index contributed by atoms with van der Waals surface area (Å²) in [5, 5.41) is 3.69. The number of nitrogens with zero attached hydrogens (tertiary/aromatic N) is 1. The first-order chi connectivity index (χ1) is 9.29. The van der Waals surface area contributed by atoms with E-state index in [9.17, 15) is 0 Å². The number of likely N-dealkylation sites (tertiary alicyclic amines) is 1. The summed E-state index contributed by atoms with van der Waals surface area (Å²) in [6.45, 7) is 6.63. The van der Waals surface area contributed by atoms with Gasteiger partial charge in [0.2, 0.25) is 0 Å². The molecule has 1 heterocycles. The molecule has 2 unspecified atom stereocenters. The van der Waals surface area contributed by atoms with Gasteiger partial charge < -0.3 is 15.0 Å². The Morgan fingerprint density at radius 3 is 2.53 bits per heavy atom. The van der Waals surface area contributed by atoms with Crippen LogP contribution in [-0.2, 0) is 4.74 Å². The van der Waals surface area contributed by atoms with Crippen molar-refractivity contribution in [2.75, 3.05) is 33.4 Å². The van der Waals surface area contributed by atoms with Crippen LogP contribution in [-0.4, -0.2) is 44.3 Å². The van der Waals surface area contributed by atoms with Gasteiger partial charge in [0.1, 0.15) is 0 Å². The highest BCUT2D eigenvalue weighted by molar-refractivity contribution is 5.19. The third-order valence-corrected chi connectivity index (χ3v) is 3.75. The van der Waals surface area contributed by atoms with Crippen molar-refractivity contribution in [3.05, 3.63) is 35.9 Å². The number of rotatable bonds is 7. The molecule has 0 bridgehead atoms. The van der Waals surface area contributed by atoms with E-state index in [1.54, 1.807) is 7.11 Å². The van der Waals surface area contributed by atoms with Crippen molar-refractivity contribution >= 4 is 0 Å². The summed E-state index contributed by atoms with van der Waals surface area (Å²) >= 11 is 0. The summed E-state index contributed by atoms with van der Waals surface area (Å²) in [7, 11) is 1.77. The Morgan fingerprint density at radius 1 is 1.21 bits per heavy atom. The second-order valence-electron chi connectivity index (χ2n) is 5.49. The van der Waals surface area contributed by atoms with Crippen molar-refractivity contribution in [1.82, 2.24) is 10.2 Å². The predicted molar refractivity (Wildman–Crippen MR) is 79.3 cm³/mol. The first-order valence-corrected chi connectivity index (χ1v) is 7.32. The van der Waals surface area contributed by atoms with Crippen molar-refractivity contribution in [3.63, 3.8) is 0 Å². The molecule has 0 saturated carbocycles. The lowest BCUT2D eigenvalue weighted by Gasteiger charge is -2.26.